The zero-order chi connectivity index (χ0) is 42.7. The van der Waals surface area contributed by atoms with Gasteiger partial charge in [-0.15, -0.1) is 0 Å². The highest BCUT2D eigenvalue weighted by Crippen LogP contribution is 2.20. The second-order valence-corrected chi connectivity index (χ2v) is 14.2. The molecule has 3 aromatic carbocycles. The summed E-state index contributed by atoms with van der Waals surface area (Å²) >= 11 is 0. The molecule has 1 atom stereocenters. The number of amides is 4. The number of nitrogens with zero attached hydrogens (tertiary/aromatic N) is 4. The molecule has 0 fully saturated rings. The Hall–Kier alpha value is -6.00. The molecule has 4 aromatic rings. The fourth-order valence-corrected chi connectivity index (χ4v) is 6.37. The van der Waals surface area contributed by atoms with E-state index >= 15 is 0 Å². The highest BCUT2D eigenvalue weighted by molar-refractivity contribution is 6.10. The molecule has 0 aliphatic heterocycles. The minimum atomic E-state index is -1.45. The summed E-state index contributed by atoms with van der Waals surface area (Å²) in [5, 5.41) is 19.4. The van der Waals surface area contributed by atoms with Crippen LogP contribution in [0.3, 0.4) is 0 Å². The Bertz CT molecular complexity index is 2120. The molecule has 6 N–H and O–H groups in total. The first-order valence-electron chi connectivity index (χ1n) is 20.5. The normalized spacial score (nSPS) is 11.9. The van der Waals surface area contributed by atoms with E-state index in [2.05, 4.69) is 79.0 Å². The third-order valence-corrected chi connectivity index (χ3v) is 9.84. The van der Waals surface area contributed by atoms with Gasteiger partial charge >= 0.3 is 5.69 Å². The minimum absolute atomic E-state index is 0.239. The number of imidazole rings is 1. The number of hydrogen-bond acceptors (Lipinski definition) is 10. The summed E-state index contributed by atoms with van der Waals surface area (Å²) in [6.07, 6.45) is 5.03. The number of carbonyl (C=O) groups excluding carboxylic acids is 5. The van der Waals surface area contributed by atoms with E-state index in [0.717, 1.165) is 65.0 Å². The summed E-state index contributed by atoms with van der Waals surface area (Å²) in [6, 6.07) is 13.9. The van der Waals surface area contributed by atoms with Gasteiger partial charge in [-0.2, -0.15) is 10.2 Å². The smallest absolute Gasteiger partial charge is 0.323 e. The number of fused-ring (bicyclic) bond motifs is 1. The topological polar surface area (TPSA) is 213 Å². The van der Waals surface area contributed by atoms with Crippen molar-refractivity contribution in [1.29, 1.82) is 0 Å². The molecule has 0 bridgehead atoms. The summed E-state index contributed by atoms with van der Waals surface area (Å²) in [4.78, 5) is 86.8. The third kappa shape index (κ3) is 14.4. The summed E-state index contributed by atoms with van der Waals surface area (Å²) in [5.41, 5.74) is 2.29. The lowest BCUT2D eigenvalue weighted by Crippen LogP contribution is -2.31. The van der Waals surface area contributed by atoms with Gasteiger partial charge < -0.3 is 41.0 Å². The Morgan fingerprint density at radius 1 is 0.627 bits per heavy atom. The van der Waals surface area contributed by atoms with Crippen molar-refractivity contribution in [1.82, 2.24) is 30.4 Å². The Kier molecular flexibility index (Phi) is 18.1. The van der Waals surface area contributed by atoms with Crippen molar-refractivity contribution < 1.29 is 24.0 Å². The van der Waals surface area contributed by atoms with Crippen LogP contribution >= 0.6 is 0 Å². The van der Waals surface area contributed by atoms with Crippen molar-refractivity contribution in [3.05, 3.63) is 87.8 Å². The van der Waals surface area contributed by atoms with Gasteiger partial charge in [0.2, 0.25) is 6.04 Å². The highest BCUT2D eigenvalue weighted by atomic mass is 16.2. The largest absolute Gasteiger partial charge is 0.352 e. The molecule has 1 unspecified atom stereocenters. The van der Waals surface area contributed by atoms with E-state index in [4.69, 9.17) is 0 Å². The van der Waals surface area contributed by atoms with Crippen molar-refractivity contribution in [3.63, 3.8) is 0 Å². The number of benzene rings is 3. The molecule has 4 amide bonds. The monoisotopic (exact) mass is 810 g/mol. The summed E-state index contributed by atoms with van der Waals surface area (Å²) < 4.78 is 0. The van der Waals surface area contributed by atoms with Gasteiger partial charge in [-0.25, -0.2) is 4.79 Å². The maximum absolute atomic E-state index is 13.4. The number of Topliss-reactive ketones (excluding diaryl/α,β-unsaturated/α-hetero) is 1. The van der Waals surface area contributed by atoms with Crippen LogP contribution < -0.4 is 27.0 Å². The molecule has 0 spiro atoms. The molecule has 4 rings (SSSR count). The van der Waals surface area contributed by atoms with E-state index in [1.165, 1.54) is 49.7 Å². The maximum Gasteiger partial charge on any atom is 0.323 e. The van der Waals surface area contributed by atoms with Gasteiger partial charge in [-0.05, 0) is 126 Å². The van der Waals surface area contributed by atoms with Gasteiger partial charge in [0.25, 0.3) is 23.6 Å². The fraction of sp³-hybridized carbons (Fsp3) is 0.442. The summed E-state index contributed by atoms with van der Waals surface area (Å²) in [7, 11) is 0. The van der Waals surface area contributed by atoms with Crippen LogP contribution in [-0.4, -0.2) is 108 Å². The molecule has 1 heterocycles. The van der Waals surface area contributed by atoms with Crippen LogP contribution in [-0.2, 0) is 9.59 Å². The predicted octanol–water partition coefficient (Wildman–Crippen LogP) is 5.88. The predicted molar refractivity (Wildman–Crippen MR) is 231 cm³/mol. The number of unbranched alkanes of at least 4 members (excludes halogenated alkanes) is 2. The highest BCUT2D eigenvalue weighted by Gasteiger charge is 2.23. The molecule has 316 valence electrons. The summed E-state index contributed by atoms with van der Waals surface area (Å²) in [6.45, 7) is 16.2. The molecular weight excluding hydrogens is 753 g/mol. The molecule has 0 saturated carbocycles. The quantitative estimate of drug-likeness (QED) is 0.0285. The van der Waals surface area contributed by atoms with Gasteiger partial charge in [-0.3, -0.25) is 24.0 Å². The zero-order valence-electron chi connectivity index (χ0n) is 34.8. The Labute approximate surface area is 345 Å². The number of nitrogens with one attached hydrogen (secondary N) is 6. The van der Waals surface area contributed by atoms with E-state index in [9.17, 15) is 28.8 Å². The van der Waals surface area contributed by atoms with E-state index in [1.54, 1.807) is 24.3 Å². The molecule has 0 radical (unpaired) electrons. The maximum atomic E-state index is 13.4. The van der Waals surface area contributed by atoms with E-state index < -0.39 is 23.6 Å². The molecule has 16 heteroatoms. The summed E-state index contributed by atoms with van der Waals surface area (Å²) in [5.74, 6) is -2.45. The lowest BCUT2D eigenvalue weighted by atomic mass is 10.1. The number of aromatic amines is 2. The fourth-order valence-electron chi connectivity index (χ4n) is 6.37. The van der Waals surface area contributed by atoms with E-state index in [0.29, 0.717) is 29.8 Å². The molecule has 16 nitrogen and oxygen atoms in total. The Balaban J connectivity index is 1.42. The Morgan fingerprint density at radius 3 is 1.81 bits per heavy atom. The standard InChI is InChI=1S/C43H58N10O6/c1-6-10-11-22-53(9-4)24-13-21-45-40(56)32-25-31(39(55)44-20-12-23-52(7-2)8-3)26-35(27-32)47-41(57)30-14-16-33(17-15-30)50-51-38(29(5)54)42(58)46-34-18-19-36-37(28-34)49-43(59)48-36/h14-19,25-28,38H,6-13,20-24H2,1-5H3,(H,44,55)(H,45,56)(H,46,58)(H,47,57)(H2,48,49,59). The number of rotatable bonds is 24. The second-order valence-electron chi connectivity index (χ2n) is 14.2. The number of azo groups is 1. The third-order valence-electron chi connectivity index (χ3n) is 9.84. The number of anilines is 2. The van der Waals surface area contributed by atoms with Crippen molar-refractivity contribution in [2.45, 2.75) is 72.8 Å². The molecule has 0 aliphatic carbocycles. The van der Waals surface area contributed by atoms with Crippen LogP contribution in [0.4, 0.5) is 17.1 Å². The van der Waals surface area contributed by atoms with Gasteiger partial charge in [0, 0.05) is 41.2 Å². The van der Waals surface area contributed by atoms with E-state index in [-0.39, 0.29) is 45.6 Å². The number of H-pyrrole nitrogens is 2. The van der Waals surface area contributed by atoms with Gasteiger partial charge in [-0.1, -0.05) is 40.5 Å². The number of aromatic nitrogens is 2. The first kappa shape index (κ1) is 45.7. The average molecular weight is 811 g/mol. The molecule has 0 saturated heterocycles. The lowest BCUT2D eigenvalue weighted by molar-refractivity contribution is -0.126. The molecule has 1 aromatic heterocycles. The van der Waals surface area contributed by atoms with Crippen LogP contribution in [0.5, 0.6) is 0 Å². The average Bonchev–Trinajstić information content (AvgIpc) is 3.60. The molecule has 0 aliphatic rings. The van der Waals surface area contributed by atoms with Crippen molar-refractivity contribution in [2.24, 2.45) is 10.2 Å². The zero-order valence-corrected chi connectivity index (χ0v) is 34.8. The Morgan fingerprint density at radius 2 is 1.22 bits per heavy atom. The van der Waals surface area contributed by atoms with E-state index in [1.807, 2.05) is 0 Å². The van der Waals surface area contributed by atoms with Gasteiger partial charge in [0.1, 0.15) is 0 Å². The first-order valence-corrected chi connectivity index (χ1v) is 20.5. The SMILES string of the molecule is CCCCCN(CC)CCCNC(=O)c1cc(NC(=O)c2ccc(N=NC(C(C)=O)C(=O)Nc3ccc4[nH]c(=O)[nH]c4c3)cc2)cc(C(=O)NCCCN(CC)CC)c1. The van der Waals surface area contributed by atoms with Gasteiger partial charge in [0.05, 0.1) is 16.7 Å². The lowest BCUT2D eigenvalue weighted by Gasteiger charge is -2.20. The first-order chi connectivity index (χ1) is 28.4. The van der Waals surface area contributed by atoms with Crippen LogP contribution in [0.2, 0.25) is 0 Å². The number of hydrogen-bond donors (Lipinski definition) is 6. The molecular formula is C43H58N10O6. The van der Waals surface area contributed by atoms with Crippen LogP contribution in [0, 0.1) is 0 Å². The number of carbonyl (C=O) groups is 5. The van der Waals surface area contributed by atoms with Crippen molar-refractivity contribution >= 4 is 57.5 Å². The minimum Gasteiger partial charge on any atom is -0.352 e. The molecule has 59 heavy (non-hydrogen) atoms. The number of ketones is 1. The van der Waals surface area contributed by atoms with Gasteiger partial charge in [0.15, 0.2) is 5.78 Å². The van der Waals surface area contributed by atoms with Crippen LogP contribution in [0.1, 0.15) is 97.8 Å². The van der Waals surface area contributed by atoms with Crippen LogP contribution in [0.25, 0.3) is 11.0 Å². The van der Waals surface area contributed by atoms with Crippen molar-refractivity contribution in [3.8, 4) is 0 Å². The van der Waals surface area contributed by atoms with Crippen molar-refractivity contribution in [2.75, 3.05) is 63.0 Å². The van der Waals surface area contributed by atoms with Crippen LogP contribution in [0.15, 0.2) is 75.7 Å². The second kappa shape index (κ2) is 23.4.